The van der Waals surface area contributed by atoms with E-state index in [0.29, 0.717) is 12.8 Å². The van der Waals surface area contributed by atoms with Crippen molar-refractivity contribution >= 4 is 45.3 Å². The molecule has 0 aromatic carbocycles. The number of rotatable bonds is 34. The zero-order valence-corrected chi connectivity index (χ0v) is 35.1. The molecule has 0 saturated carbocycles. The fourth-order valence-electron chi connectivity index (χ4n) is 4.23. The van der Waals surface area contributed by atoms with Crippen LogP contribution in [-0.4, -0.2) is 133 Å². The number of nitrogens with one attached hydrogen (secondary N) is 6. The third kappa shape index (κ3) is 30.0. The van der Waals surface area contributed by atoms with Gasteiger partial charge in [-0.1, -0.05) is 12.2 Å². The molecule has 0 aliphatic carbocycles. The van der Waals surface area contributed by atoms with Crippen LogP contribution < -0.4 is 31.9 Å². The second kappa shape index (κ2) is 30.8. The number of urea groups is 1. The normalized spacial score (nSPS) is 15.4. The van der Waals surface area contributed by atoms with Crippen LogP contribution in [-0.2, 0) is 64.9 Å². The summed E-state index contributed by atoms with van der Waals surface area (Å²) in [6.45, 7) is 14.8. The standard InChI is InChI=1S/C33H62N6O15P2/c1-9-15-49-55(45,53-23-31(38-29(7)42)21-47-17-11-25(3)36-27(5)40)51-19-13-34-33(44)35-14-20-52-56(46,50-16-10-2)54-24-32(39-30(8)43)22-48-18-12-26(4)37-28(6)41/h9-10,25-26,31-32H,1-2,11-24H2,3-8H3,(H,36,40)(H,37,41)(H,38,42)(H,39,43)(H2,34,35,44). The quantitative estimate of drug-likeness (QED) is 0.0307. The van der Waals surface area contributed by atoms with Crippen molar-refractivity contribution < 1.29 is 69.7 Å². The highest BCUT2D eigenvalue weighted by Crippen LogP contribution is 2.50. The molecule has 0 bridgehead atoms. The molecular formula is C33H62N6O15P2. The van der Waals surface area contributed by atoms with Gasteiger partial charge in [-0.3, -0.25) is 46.3 Å². The van der Waals surface area contributed by atoms with Crippen LogP contribution in [0.5, 0.6) is 0 Å². The summed E-state index contributed by atoms with van der Waals surface area (Å²) < 4.78 is 69.7. The molecule has 0 rings (SSSR count). The van der Waals surface area contributed by atoms with Crippen molar-refractivity contribution in [2.45, 2.75) is 78.6 Å². The summed E-state index contributed by atoms with van der Waals surface area (Å²) in [4.78, 5) is 58.1. The number of hydrogen-bond acceptors (Lipinski definition) is 15. The predicted molar refractivity (Wildman–Crippen MR) is 205 cm³/mol. The summed E-state index contributed by atoms with van der Waals surface area (Å²) in [5.74, 6) is -1.09. The first-order valence-corrected chi connectivity index (χ1v) is 20.9. The van der Waals surface area contributed by atoms with Gasteiger partial charge in [-0.2, -0.15) is 0 Å². The zero-order chi connectivity index (χ0) is 42.4. The van der Waals surface area contributed by atoms with E-state index in [-0.39, 0.29) is 115 Å². The van der Waals surface area contributed by atoms with Crippen molar-refractivity contribution in [2.75, 3.05) is 79.2 Å². The summed E-state index contributed by atoms with van der Waals surface area (Å²) in [6.07, 6.45) is 3.71. The SMILES string of the molecule is C=CCOP(=O)(OCCNC(=O)NCCOP(=O)(OCC=C)OCC(COCCC(C)NC(C)=O)NC(C)=O)OCC(COCCC(C)NC(C)=O)NC(C)=O. The minimum absolute atomic E-state index is 0.0102. The first-order valence-electron chi connectivity index (χ1n) is 18.0. The Balaban J connectivity index is 4.89. The highest BCUT2D eigenvalue weighted by atomic mass is 31.2. The van der Waals surface area contributed by atoms with E-state index in [1.807, 2.05) is 13.8 Å². The summed E-state index contributed by atoms with van der Waals surface area (Å²) in [5, 5.41) is 15.7. The van der Waals surface area contributed by atoms with Gasteiger partial charge in [-0.15, -0.1) is 13.2 Å². The van der Waals surface area contributed by atoms with Crippen LogP contribution >= 0.6 is 15.6 Å². The highest BCUT2D eigenvalue weighted by molar-refractivity contribution is 7.48. The minimum atomic E-state index is -4.18. The van der Waals surface area contributed by atoms with Crippen LogP contribution in [0.25, 0.3) is 0 Å². The van der Waals surface area contributed by atoms with Crippen molar-refractivity contribution in [1.29, 1.82) is 0 Å². The lowest BCUT2D eigenvalue weighted by Crippen LogP contribution is -2.41. The molecule has 0 saturated heterocycles. The number of carbonyl (C=O) groups excluding carboxylic acids is 5. The molecular weight excluding hydrogens is 782 g/mol. The zero-order valence-electron chi connectivity index (χ0n) is 33.3. The molecule has 0 aromatic heterocycles. The van der Waals surface area contributed by atoms with Crippen LogP contribution in [0.4, 0.5) is 4.79 Å². The summed E-state index contributed by atoms with van der Waals surface area (Å²) in [5.41, 5.74) is 0. The summed E-state index contributed by atoms with van der Waals surface area (Å²) >= 11 is 0. The van der Waals surface area contributed by atoms with E-state index in [1.54, 1.807) is 0 Å². The van der Waals surface area contributed by atoms with Gasteiger partial charge < -0.3 is 41.4 Å². The Hall–Kier alpha value is -3.23. The van der Waals surface area contributed by atoms with Gasteiger partial charge in [0.2, 0.25) is 23.6 Å². The Kier molecular flexibility index (Phi) is 29.1. The van der Waals surface area contributed by atoms with E-state index in [4.69, 9.17) is 36.6 Å². The van der Waals surface area contributed by atoms with Crippen LogP contribution in [0.1, 0.15) is 54.4 Å². The number of phosphoric acid groups is 2. The second-order valence-electron chi connectivity index (χ2n) is 12.2. The van der Waals surface area contributed by atoms with Gasteiger partial charge in [0.1, 0.15) is 0 Å². The number of carbonyl (C=O) groups is 5. The predicted octanol–water partition coefficient (Wildman–Crippen LogP) is 1.85. The maximum absolute atomic E-state index is 13.2. The minimum Gasteiger partial charge on any atom is -0.379 e. The summed E-state index contributed by atoms with van der Waals surface area (Å²) in [7, 11) is -8.37. The van der Waals surface area contributed by atoms with Gasteiger partial charge in [0.25, 0.3) is 0 Å². The van der Waals surface area contributed by atoms with Crippen molar-refractivity contribution in [3.8, 4) is 0 Å². The maximum Gasteiger partial charge on any atom is 0.475 e. The van der Waals surface area contributed by atoms with E-state index in [2.05, 4.69) is 45.1 Å². The molecule has 0 spiro atoms. The molecule has 0 fully saturated rings. The molecule has 56 heavy (non-hydrogen) atoms. The topological polar surface area (TPSA) is 266 Å². The lowest BCUT2D eigenvalue weighted by molar-refractivity contribution is -0.121. The Morgan fingerprint density at radius 2 is 0.893 bits per heavy atom. The molecule has 21 nitrogen and oxygen atoms in total. The molecule has 0 aliphatic heterocycles. The molecule has 6 unspecified atom stereocenters. The third-order valence-electron chi connectivity index (χ3n) is 6.59. The fraction of sp³-hybridized carbons (Fsp3) is 0.727. The Bertz CT molecular complexity index is 1220. The van der Waals surface area contributed by atoms with Crippen molar-refractivity contribution in [2.24, 2.45) is 0 Å². The smallest absolute Gasteiger partial charge is 0.379 e. The van der Waals surface area contributed by atoms with Crippen LogP contribution in [0, 0.1) is 0 Å². The van der Waals surface area contributed by atoms with E-state index in [0.717, 1.165) is 0 Å². The van der Waals surface area contributed by atoms with E-state index < -0.39 is 33.8 Å². The average molecular weight is 845 g/mol. The molecule has 6 amide bonds. The van der Waals surface area contributed by atoms with E-state index in [1.165, 1.54) is 39.8 Å². The highest BCUT2D eigenvalue weighted by Gasteiger charge is 2.30. The number of amides is 6. The van der Waals surface area contributed by atoms with Crippen molar-refractivity contribution in [1.82, 2.24) is 31.9 Å². The fourth-order valence-corrected chi connectivity index (χ4v) is 6.61. The van der Waals surface area contributed by atoms with Crippen LogP contribution in [0.2, 0.25) is 0 Å². The number of hydrogen-bond donors (Lipinski definition) is 6. The molecule has 0 radical (unpaired) electrons. The molecule has 324 valence electrons. The van der Waals surface area contributed by atoms with E-state index >= 15 is 0 Å². The molecule has 0 heterocycles. The Labute approximate surface area is 329 Å². The molecule has 0 aromatic rings. The van der Waals surface area contributed by atoms with Crippen LogP contribution in [0.3, 0.4) is 0 Å². The molecule has 6 atom stereocenters. The van der Waals surface area contributed by atoms with Crippen molar-refractivity contribution in [3.63, 3.8) is 0 Å². The Morgan fingerprint density at radius 3 is 1.21 bits per heavy atom. The number of phosphoric ester groups is 2. The first-order chi connectivity index (χ1) is 26.4. The van der Waals surface area contributed by atoms with E-state index in [9.17, 15) is 33.1 Å². The maximum atomic E-state index is 13.2. The lowest BCUT2D eigenvalue weighted by Gasteiger charge is -2.23. The van der Waals surface area contributed by atoms with Gasteiger partial charge in [-0.25, -0.2) is 13.9 Å². The van der Waals surface area contributed by atoms with Gasteiger partial charge in [0.15, 0.2) is 0 Å². The number of ether oxygens (including phenoxy) is 2. The Morgan fingerprint density at radius 1 is 0.536 bits per heavy atom. The van der Waals surface area contributed by atoms with Gasteiger partial charge in [0.05, 0.1) is 64.9 Å². The largest absolute Gasteiger partial charge is 0.475 e. The summed E-state index contributed by atoms with van der Waals surface area (Å²) in [6, 6.07) is -2.33. The average Bonchev–Trinajstić information content (AvgIpc) is 3.10. The molecule has 6 N–H and O–H groups in total. The molecule has 23 heteroatoms. The van der Waals surface area contributed by atoms with Gasteiger partial charge in [0, 0.05) is 66.1 Å². The van der Waals surface area contributed by atoms with Gasteiger partial charge >= 0.3 is 21.7 Å². The second-order valence-corrected chi connectivity index (χ2v) is 15.6. The van der Waals surface area contributed by atoms with Crippen molar-refractivity contribution in [3.05, 3.63) is 25.3 Å². The van der Waals surface area contributed by atoms with Gasteiger partial charge in [-0.05, 0) is 26.7 Å². The lowest BCUT2D eigenvalue weighted by atomic mass is 10.2. The monoisotopic (exact) mass is 844 g/mol. The van der Waals surface area contributed by atoms with Crippen LogP contribution in [0.15, 0.2) is 25.3 Å². The molecule has 0 aliphatic rings. The first kappa shape index (κ1) is 52.8. The third-order valence-corrected chi connectivity index (χ3v) is 9.44.